The summed E-state index contributed by atoms with van der Waals surface area (Å²) in [7, 11) is 3.32. The van der Waals surface area contributed by atoms with Gasteiger partial charge in [0.25, 0.3) is 0 Å². The van der Waals surface area contributed by atoms with Gasteiger partial charge >= 0.3 is 0 Å². The maximum atomic E-state index is 13.3. The zero-order chi connectivity index (χ0) is 23.2. The summed E-state index contributed by atoms with van der Waals surface area (Å²) in [6, 6.07) is 21.0. The second-order valence-corrected chi connectivity index (χ2v) is 8.88. The number of methoxy groups -OCH3 is 2. The number of hydrogen-bond donors (Lipinski definition) is 0. The van der Waals surface area contributed by atoms with Crippen molar-refractivity contribution in [3.05, 3.63) is 78.1 Å². The van der Waals surface area contributed by atoms with Crippen LogP contribution < -0.4 is 18.6 Å². The quantitative estimate of drug-likeness (QED) is 0.398. The van der Waals surface area contributed by atoms with Gasteiger partial charge in [0.1, 0.15) is 11.6 Å². The molecule has 0 aromatic heterocycles. The highest BCUT2D eigenvalue weighted by Crippen LogP contribution is 2.30. The van der Waals surface area contributed by atoms with Crippen LogP contribution >= 0.6 is 12.0 Å². The van der Waals surface area contributed by atoms with Gasteiger partial charge in [0.15, 0.2) is 11.5 Å². The average molecular weight is 469 g/mol. The van der Waals surface area contributed by atoms with E-state index in [1.54, 1.807) is 20.3 Å². The van der Waals surface area contributed by atoms with Crippen LogP contribution in [0.15, 0.2) is 71.6 Å². The highest BCUT2D eigenvalue weighted by Gasteiger charge is 2.24. The molecular formula is C26H29FN2O3S. The molecule has 1 atom stereocenters. The van der Waals surface area contributed by atoms with Gasteiger partial charge < -0.3 is 18.6 Å². The van der Waals surface area contributed by atoms with Crippen LogP contribution in [0.25, 0.3) is 0 Å². The molecule has 0 amide bonds. The average Bonchev–Trinajstić information content (AvgIpc) is 2.84. The predicted molar refractivity (Wildman–Crippen MR) is 131 cm³/mol. The van der Waals surface area contributed by atoms with Gasteiger partial charge in [-0.25, -0.2) is 4.39 Å². The van der Waals surface area contributed by atoms with E-state index in [4.69, 9.17) is 13.7 Å². The number of halogens is 1. The van der Waals surface area contributed by atoms with E-state index in [0.29, 0.717) is 6.04 Å². The molecule has 0 spiro atoms. The Morgan fingerprint density at radius 2 is 1.73 bits per heavy atom. The van der Waals surface area contributed by atoms with Crippen molar-refractivity contribution in [2.45, 2.75) is 24.4 Å². The van der Waals surface area contributed by atoms with E-state index in [0.717, 1.165) is 60.4 Å². The van der Waals surface area contributed by atoms with Crippen LogP contribution in [0, 0.1) is 5.82 Å². The Labute approximate surface area is 199 Å². The van der Waals surface area contributed by atoms with E-state index in [1.165, 1.54) is 23.4 Å². The third-order valence-corrected chi connectivity index (χ3v) is 6.55. The molecule has 0 bridgehead atoms. The van der Waals surface area contributed by atoms with Crippen LogP contribution in [0.1, 0.15) is 12.5 Å². The normalized spacial score (nSPS) is 16.5. The Bertz CT molecular complexity index is 1060. The third kappa shape index (κ3) is 5.92. The lowest BCUT2D eigenvalue weighted by Gasteiger charge is -2.41. The van der Waals surface area contributed by atoms with Crippen LogP contribution in [-0.2, 0) is 6.54 Å². The number of anilines is 1. The number of hydrogen-bond acceptors (Lipinski definition) is 6. The Balaban J connectivity index is 1.32. The van der Waals surface area contributed by atoms with Gasteiger partial charge in [0.05, 0.1) is 31.2 Å². The maximum absolute atomic E-state index is 13.3. The van der Waals surface area contributed by atoms with Crippen molar-refractivity contribution in [3.63, 3.8) is 0 Å². The molecule has 1 fully saturated rings. The van der Waals surface area contributed by atoms with Crippen LogP contribution in [0.5, 0.6) is 17.2 Å². The molecule has 0 aliphatic carbocycles. The van der Waals surface area contributed by atoms with E-state index in [1.807, 2.05) is 24.3 Å². The standard InChI is InChI=1S/C26H29FN2O3S/c1-19-17-29(14-13-28(19)18-20-7-12-25(30-2)26(15-20)31-3)22-8-10-23(11-9-22)32-33-24-6-4-5-21(27)16-24/h4-12,15-16,19H,13-14,17-18H2,1-3H3. The number of nitrogens with zero attached hydrogens (tertiary/aromatic N) is 2. The smallest absolute Gasteiger partial charge is 0.161 e. The minimum absolute atomic E-state index is 0.265. The molecule has 7 heteroatoms. The molecule has 1 aliphatic heterocycles. The molecule has 5 nitrogen and oxygen atoms in total. The molecule has 0 N–H and O–H groups in total. The number of ether oxygens (including phenoxy) is 2. The molecule has 1 saturated heterocycles. The third-order valence-electron chi connectivity index (χ3n) is 5.83. The minimum Gasteiger partial charge on any atom is -0.493 e. The second kappa shape index (κ2) is 10.8. The summed E-state index contributed by atoms with van der Waals surface area (Å²) in [5.74, 6) is 1.99. The monoisotopic (exact) mass is 468 g/mol. The SMILES string of the molecule is COc1ccc(CN2CCN(c3ccc(OSc4cccc(F)c4)cc3)CC2C)cc1OC. The molecule has 1 aliphatic rings. The highest BCUT2D eigenvalue weighted by molar-refractivity contribution is 7.95. The van der Waals surface area contributed by atoms with Crippen molar-refractivity contribution in [1.29, 1.82) is 0 Å². The Kier molecular flexibility index (Phi) is 7.62. The summed E-state index contributed by atoms with van der Waals surface area (Å²) < 4.78 is 29.8. The summed E-state index contributed by atoms with van der Waals surface area (Å²) in [6.07, 6.45) is 0. The van der Waals surface area contributed by atoms with Crippen LogP contribution in [0.4, 0.5) is 10.1 Å². The zero-order valence-electron chi connectivity index (χ0n) is 19.2. The Hall–Kier alpha value is -2.90. The largest absolute Gasteiger partial charge is 0.493 e. The van der Waals surface area contributed by atoms with Gasteiger partial charge in [-0.2, -0.15) is 0 Å². The van der Waals surface area contributed by atoms with Crippen molar-refractivity contribution < 1.29 is 18.0 Å². The topological polar surface area (TPSA) is 34.2 Å². The van der Waals surface area contributed by atoms with Crippen molar-refractivity contribution >= 4 is 17.7 Å². The van der Waals surface area contributed by atoms with Crippen LogP contribution in [0.3, 0.4) is 0 Å². The molecule has 174 valence electrons. The fourth-order valence-corrected chi connectivity index (χ4v) is 4.60. The minimum atomic E-state index is -0.265. The first kappa shape index (κ1) is 23.3. The molecule has 1 heterocycles. The molecule has 33 heavy (non-hydrogen) atoms. The van der Waals surface area contributed by atoms with Crippen LogP contribution in [0.2, 0.25) is 0 Å². The van der Waals surface area contributed by atoms with Gasteiger partial charge in [0, 0.05) is 37.9 Å². The number of rotatable bonds is 8. The summed E-state index contributed by atoms with van der Waals surface area (Å²) in [6.45, 7) is 6.02. The van der Waals surface area contributed by atoms with E-state index in [9.17, 15) is 4.39 Å². The second-order valence-electron chi connectivity index (χ2n) is 8.07. The van der Waals surface area contributed by atoms with Gasteiger partial charge in [-0.1, -0.05) is 12.1 Å². The van der Waals surface area contributed by atoms with Gasteiger partial charge in [-0.05, 0) is 67.1 Å². The molecule has 0 radical (unpaired) electrons. The lowest BCUT2D eigenvalue weighted by Crippen LogP contribution is -2.51. The molecule has 4 rings (SSSR count). The molecule has 3 aromatic rings. The van der Waals surface area contributed by atoms with Crippen molar-refractivity contribution in [3.8, 4) is 17.2 Å². The first-order valence-corrected chi connectivity index (χ1v) is 11.7. The van der Waals surface area contributed by atoms with Crippen molar-refractivity contribution in [1.82, 2.24) is 4.90 Å². The van der Waals surface area contributed by atoms with Gasteiger partial charge in [0.2, 0.25) is 0 Å². The highest BCUT2D eigenvalue weighted by atomic mass is 32.2. The van der Waals surface area contributed by atoms with Crippen LogP contribution in [-0.4, -0.2) is 44.8 Å². The predicted octanol–water partition coefficient (Wildman–Crippen LogP) is 5.64. The van der Waals surface area contributed by atoms with Crippen molar-refractivity contribution in [2.75, 3.05) is 38.8 Å². The van der Waals surface area contributed by atoms with Crippen molar-refractivity contribution in [2.24, 2.45) is 0 Å². The summed E-state index contributed by atoms with van der Waals surface area (Å²) in [5.41, 5.74) is 2.39. The molecule has 1 unspecified atom stereocenters. The van der Waals surface area contributed by atoms with Gasteiger partial charge in [-0.3, -0.25) is 4.90 Å². The summed E-state index contributed by atoms with van der Waals surface area (Å²) in [5, 5.41) is 0. The first-order chi connectivity index (χ1) is 16.1. The fraction of sp³-hybridized carbons (Fsp3) is 0.308. The first-order valence-electron chi connectivity index (χ1n) is 11.0. The molecule has 3 aromatic carbocycles. The van der Waals surface area contributed by atoms with E-state index in [2.05, 4.69) is 41.0 Å². The fourth-order valence-electron chi connectivity index (χ4n) is 4.01. The summed E-state index contributed by atoms with van der Waals surface area (Å²) in [4.78, 5) is 5.63. The number of piperazine rings is 1. The van der Waals surface area contributed by atoms with Gasteiger partial charge in [-0.15, -0.1) is 0 Å². The Morgan fingerprint density at radius 1 is 0.939 bits per heavy atom. The maximum Gasteiger partial charge on any atom is 0.161 e. The lowest BCUT2D eigenvalue weighted by atomic mass is 10.1. The molecular weight excluding hydrogens is 439 g/mol. The molecule has 0 saturated carbocycles. The summed E-state index contributed by atoms with van der Waals surface area (Å²) >= 11 is 1.16. The Morgan fingerprint density at radius 3 is 2.42 bits per heavy atom. The lowest BCUT2D eigenvalue weighted by molar-refractivity contribution is 0.181. The van der Waals surface area contributed by atoms with E-state index < -0.39 is 0 Å². The van der Waals surface area contributed by atoms with E-state index >= 15 is 0 Å². The number of benzene rings is 3. The van der Waals surface area contributed by atoms with E-state index in [-0.39, 0.29) is 5.82 Å². The zero-order valence-corrected chi connectivity index (χ0v) is 20.0.